The summed E-state index contributed by atoms with van der Waals surface area (Å²) in [5.74, 6) is -0.206. The van der Waals surface area contributed by atoms with Crippen molar-refractivity contribution in [2.24, 2.45) is 0 Å². The molecule has 32 heavy (non-hydrogen) atoms. The number of aryl methyl sites for hydroxylation is 1. The van der Waals surface area contributed by atoms with E-state index < -0.39 is 5.97 Å². The SMILES string of the molecule is Cc1oc2cc(OCC(=O)NCCCCCC(=O)O)ccc2c(=O)c1-c1ccc(Cl)cc1. The van der Waals surface area contributed by atoms with Crippen LogP contribution in [0.1, 0.15) is 31.4 Å². The van der Waals surface area contributed by atoms with Crippen LogP contribution < -0.4 is 15.5 Å². The van der Waals surface area contributed by atoms with Crippen LogP contribution in [0.5, 0.6) is 5.75 Å². The summed E-state index contributed by atoms with van der Waals surface area (Å²) in [6.45, 7) is 2.01. The van der Waals surface area contributed by atoms with Crippen LogP contribution in [-0.2, 0) is 9.59 Å². The molecule has 0 saturated heterocycles. The van der Waals surface area contributed by atoms with E-state index in [1.165, 1.54) is 0 Å². The summed E-state index contributed by atoms with van der Waals surface area (Å²) in [4.78, 5) is 35.4. The van der Waals surface area contributed by atoms with Crippen molar-refractivity contribution in [3.8, 4) is 16.9 Å². The van der Waals surface area contributed by atoms with Crippen LogP contribution in [0.25, 0.3) is 22.1 Å². The number of rotatable bonds is 10. The van der Waals surface area contributed by atoms with E-state index in [1.807, 2.05) is 0 Å². The lowest BCUT2D eigenvalue weighted by Gasteiger charge is -2.10. The molecule has 0 radical (unpaired) electrons. The Balaban J connectivity index is 1.61. The molecule has 0 aliphatic carbocycles. The van der Waals surface area contributed by atoms with Gasteiger partial charge in [0.05, 0.1) is 10.9 Å². The maximum absolute atomic E-state index is 13.0. The summed E-state index contributed by atoms with van der Waals surface area (Å²) in [5, 5.41) is 12.3. The van der Waals surface area contributed by atoms with Gasteiger partial charge in [0.1, 0.15) is 17.1 Å². The molecular weight excluding hydrogens is 434 g/mol. The van der Waals surface area contributed by atoms with Crippen LogP contribution in [0.4, 0.5) is 0 Å². The lowest BCUT2D eigenvalue weighted by molar-refractivity contribution is -0.137. The summed E-state index contributed by atoms with van der Waals surface area (Å²) in [6.07, 6.45) is 2.16. The van der Waals surface area contributed by atoms with Crippen molar-refractivity contribution in [1.29, 1.82) is 0 Å². The van der Waals surface area contributed by atoms with Crippen LogP contribution in [0.3, 0.4) is 0 Å². The highest BCUT2D eigenvalue weighted by atomic mass is 35.5. The molecule has 0 spiro atoms. The molecule has 3 aromatic rings. The average molecular weight is 458 g/mol. The average Bonchev–Trinajstić information content (AvgIpc) is 2.75. The Morgan fingerprint density at radius 3 is 2.56 bits per heavy atom. The Morgan fingerprint density at radius 1 is 1.09 bits per heavy atom. The smallest absolute Gasteiger partial charge is 0.303 e. The maximum atomic E-state index is 13.0. The first kappa shape index (κ1) is 23.3. The molecule has 0 fully saturated rings. The van der Waals surface area contributed by atoms with Crippen molar-refractivity contribution in [1.82, 2.24) is 5.32 Å². The Bertz CT molecular complexity index is 1170. The zero-order chi connectivity index (χ0) is 23.1. The van der Waals surface area contributed by atoms with Gasteiger partial charge in [-0.1, -0.05) is 30.2 Å². The zero-order valence-electron chi connectivity index (χ0n) is 17.7. The van der Waals surface area contributed by atoms with Crippen molar-refractivity contribution in [3.05, 3.63) is 63.5 Å². The molecule has 0 saturated carbocycles. The Morgan fingerprint density at radius 2 is 1.84 bits per heavy atom. The van der Waals surface area contributed by atoms with Gasteiger partial charge in [0, 0.05) is 24.1 Å². The van der Waals surface area contributed by atoms with Gasteiger partial charge < -0.3 is 19.6 Å². The summed E-state index contributed by atoms with van der Waals surface area (Å²) >= 11 is 5.94. The number of ether oxygens (including phenoxy) is 1. The number of hydrogen-bond donors (Lipinski definition) is 2. The number of aliphatic carboxylic acids is 1. The maximum Gasteiger partial charge on any atom is 0.303 e. The Kier molecular flexibility index (Phi) is 7.89. The Hall–Kier alpha value is -3.32. The third kappa shape index (κ3) is 6.11. The van der Waals surface area contributed by atoms with Gasteiger partial charge >= 0.3 is 5.97 Å². The lowest BCUT2D eigenvalue weighted by atomic mass is 10.0. The zero-order valence-corrected chi connectivity index (χ0v) is 18.4. The number of nitrogens with one attached hydrogen (secondary N) is 1. The molecule has 2 aromatic carbocycles. The summed E-state index contributed by atoms with van der Waals surface area (Å²) in [7, 11) is 0. The summed E-state index contributed by atoms with van der Waals surface area (Å²) in [5.41, 5.74) is 1.42. The molecule has 0 unspecified atom stereocenters. The molecule has 7 nitrogen and oxygen atoms in total. The van der Waals surface area contributed by atoms with Crippen molar-refractivity contribution in [2.45, 2.75) is 32.6 Å². The highest BCUT2D eigenvalue weighted by Crippen LogP contribution is 2.27. The number of carboxylic acids is 1. The van der Waals surface area contributed by atoms with Gasteiger partial charge in [-0.05, 0) is 49.6 Å². The quantitative estimate of drug-likeness (QED) is 0.432. The third-order valence-corrected chi connectivity index (χ3v) is 5.18. The van der Waals surface area contributed by atoms with Crippen molar-refractivity contribution in [2.75, 3.05) is 13.2 Å². The van der Waals surface area contributed by atoms with Crippen molar-refractivity contribution in [3.63, 3.8) is 0 Å². The monoisotopic (exact) mass is 457 g/mol. The van der Waals surface area contributed by atoms with Gasteiger partial charge in [-0.15, -0.1) is 0 Å². The molecule has 1 amide bonds. The predicted octanol–water partition coefficient (Wildman–Crippen LogP) is 4.56. The third-order valence-electron chi connectivity index (χ3n) is 4.93. The van der Waals surface area contributed by atoms with Gasteiger partial charge in [0.15, 0.2) is 6.61 Å². The van der Waals surface area contributed by atoms with Crippen molar-refractivity contribution < 1.29 is 23.8 Å². The number of carbonyl (C=O) groups excluding carboxylic acids is 1. The number of benzene rings is 2. The number of carbonyl (C=O) groups is 2. The van der Waals surface area contributed by atoms with Gasteiger partial charge in [-0.3, -0.25) is 14.4 Å². The van der Waals surface area contributed by atoms with Crippen LogP contribution in [0.2, 0.25) is 5.02 Å². The largest absolute Gasteiger partial charge is 0.484 e. The highest BCUT2D eigenvalue weighted by Gasteiger charge is 2.14. The van der Waals surface area contributed by atoms with E-state index in [4.69, 9.17) is 25.9 Å². The van der Waals surface area contributed by atoms with E-state index >= 15 is 0 Å². The fraction of sp³-hybridized carbons (Fsp3) is 0.292. The number of unbranched alkanes of at least 4 members (excludes halogenated alkanes) is 2. The topological polar surface area (TPSA) is 106 Å². The highest BCUT2D eigenvalue weighted by molar-refractivity contribution is 6.30. The standard InChI is InChI=1S/C24H24ClNO6/c1-15-23(16-6-8-17(25)9-7-16)24(30)19-11-10-18(13-20(19)32-15)31-14-21(27)26-12-4-2-3-5-22(28)29/h6-11,13H,2-5,12,14H2,1H3,(H,26,27)(H,28,29). The van der Waals surface area contributed by atoms with E-state index in [2.05, 4.69) is 5.32 Å². The minimum Gasteiger partial charge on any atom is -0.484 e. The number of hydrogen-bond acceptors (Lipinski definition) is 5. The number of halogens is 1. The second-order valence-electron chi connectivity index (χ2n) is 7.37. The number of amides is 1. The molecule has 3 rings (SSSR count). The second kappa shape index (κ2) is 10.8. The van der Waals surface area contributed by atoms with E-state index in [9.17, 15) is 14.4 Å². The van der Waals surface area contributed by atoms with Gasteiger partial charge in [0.25, 0.3) is 5.91 Å². The lowest BCUT2D eigenvalue weighted by Crippen LogP contribution is -2.29. The number of carboxylic acid groups (broad SMARTS) is 1. The molecule has 1 aromatic heterocycles. The van der Waals surface area contributed by atoms with Crippen LogP contribution in [0, 0.1) is 6.92 Å². The van der Waals surface area contributed by atoms with E-state index in [1.54, 1.807) is 49.4 Å². The Labute approximate surface area is 190 Å². The molecule has 0 atom stereocenters. The van der Waals surface area contributed by atoms with Crippen LogP contribution in [-0.4, -0.2) is 30.1 Å². The normalized spacial score (nSPS) is 10.8. The molecule has 2 N–H and O–H groups in total. The van der Waals surface area contributed by atoms with Gasteiger partial charge in [-0.2, -0.15) is 0 Å². The minimum atomic E-state index is -0.815. The molecule has 8 heteroatoms. The van der Waals surface area contributed by atoms with E-state index in [-0.39, 0.29) is 24.4 Å². The van der Waals surface area contributed by atoms with E-state index in [0.717, 1.165) is 12.0 Å². The molecule has 168 valence electrons. The van der Waals surface area contributed by atoms with E-state index in [0.29, 0.717) is 52.5 Å². The van der Waals surface area contributed by atoms with Gasteiger partial charge in [0.2, 0.25) is 5.43 Å². The molecular formula is C24H24ClNO6. The number of fused-ring (bicyclic) bond motifs is 1. The first-order valence-electron chi connectivity index (χ1n) is 10.3. The second-order valence-corrected chi connectivity index (χ2v) is 7.81. The minimum absolute atomic E-state index is 0.135. The first-order valence-corrected chi connectivity index (χ1v) is 10.7. The van der Waals surface area contributed by atoms with Crippen LogP contribution >= 0.6 is 11.6 Å². The fourth-order valence-electron chi connectivity index (χ4n) is 3.33. The molecule has 0 bridgehead atoms. The van der Waals surface area contributed by atoms with Gasteiger partial charge in [-0.25, -0.2) is 0 Å². The first-order chi connectivity index (χ1) is 15.3. The fourth-order valence-corrected chi connectivity index (χ4v) is 3.46. The van der Waals surface area contributed by atoms with Crippen LogP contribution in [0.15, 0.2) is 51.7 Å². The molecule has 0 aliphatic rings. The predicted molar refractivity (Wildman–Crippen MR) is 122 cm³/mol. The summed E-state index contributed by atoms with van der Waals surface area (Å²) < 4.78 is 11.4. The molecule has 1 heterocycles. The summed E-state index contributed by atoms with van der Waals surface area (Å²) in [6, 6.07) is 11.8. The van der Waals surface area contributed by atoms with Crippen molar-refractivity contribution >= 4 is 34.4 Å². The molecule has 0 aliphatic heterocycles.